The van der Waals surface area contributed by atoms with Crippen LogP contribution >= 0.6 is 11.6 Å². The molecule has 1 aromatic heterocycles. The summed E-state index contributed by atoms with van der Waals surface area (Å²) in [5.74, 6) is -1.60. The molecule has 0 saturated carbocycles. The summed E-state index contributed by atoms with van der Waals surface area (Å²) in [5, 5.41) is 11.4. The van der Waals surface area contributed by atoms with E-state index in [4.69, 9.17) is 21.3 Å². The first-order chi connectivity index (χ1) is 22.3. The first-order valence-electron chi connectivity index (χ1n) is 15.6. The molecule has 3 fully saturated rings. The molecular weight excluding hydrogens is 610 g/mol. The van der Waals surface area contributed by atoms with E-state index in [1.54, 1.807) is 29.2 Å². The van der Waals surface area contributed by atoms with E-state index in [2.05, 4.69) is 22.5 Å². The molecule has 1 amide bonds. The highest BCUT2D eigenvalue weighted by molar-refractivity contribution is 6.36. The first-order valence-corrected chi connectivity index (χ1v) is 16.0. The Morgan fingerprint density at radius 1 is 1.13 bits per heavy atom. The zero-order valence-electron chi connectivity index (χ0n) is 25.3. The summed E-state index contributed by atoms with van der Waals surface area (Å²) in [7, 11) is 0. The van der Waals surface area contributed by atoms with E-state index in [1.807, 2.05) is 17.0 Å². The molecule has 3 saturated heterocycles. The third-order valence-electron chi connectivity index (χ3n) is 9.81. The standard InChI is InChI=1S/C35H33ClF2N6O2/c1-2-28(45)44-18-17-42(20-23(44)11-14-39)33-25-19-27(37)30(24-9-3-7-22-8-4-10-26(36)29(22)24)31(38)32(25)40-34(41-33)46-21-35-12-5-15-43(35)16-6-13-35/h2-4,7-10,19,23H,1,5-6,11-13,15-18,20-21H2/t23-/m0/s1. The lowest BCUT2D eigenvalue weighted by Crippen LogP contribution is -2.55. The molecule has 1 atom stereocenters. The van der Waals surface area contributed by atoms with Crippen molar-refractivity contribution in [1.29, 1.82) is 5.26 Å². The number of nitrogens with zero attached hydrogens (tertiary/aromatic N) is 6. The highest BCUT2D eigenvalue weighted by Crippen LogP contribution is 2.42. The number of amides is 1. The fourth-order valence-electron chi connectivity index (χ4n) is 7.61. The maximum absolute atomic E-state index is 16.8. The molecule has 0 N–H and O–H groups in total. The van der Waals surface area contributed by atoms with Gasteiger partial charge in [0.25, 0.3) is 0 Å². The molecule has 3 aliphatic heterocycles. The molecule has 46 heavy (non-hydrogen) atoms. The number of carbonyl (C=O) groups excluding carboxylic acids is 1. The van der Waals surface area contributed by atoms with E-state index >= 15 is 8.78 Å². The molecule has 236 valence electrons. The Morgan fingerprint density at radius 3 is 2.63 bits per heavy atom. The Bertz CT molecular complexity index is 1900. The number of carbonyl (C=O) groups is 1. The van der Waals surface area contributed by atoms with Crippen molar-refractivity contribution in [1.82, 2.24) is 19.8 Å². The van der Waals surface area contributed by atoms with Crippen molar-refractivity contribution in [2.45, 2.75) is 43.7 Å². The summed E-state index contributed by atoms with van der Waals surface area (Å²) in [6, 6.07) is 13.5. The van der Waals surface area contributed by atoms with Crippen LogP contribution in [0.4, 0.5) is 14.6 Å². The van der Waals surface area contributed by atoms with Crippen molar-refractivity contribution < 1.29 is 18.3 Å². The molecular formula is C35H33ClF2N6O2. The van der Waals surface area contributed by atoms with Crippen LogP contribution in [-0.2, 0) is 4.79 Å². The molecule has 0 bridgehead atoms. The van der Waals surface area contributed by atoms with Gasteiger partial charge in [-0.15, -0.1) is 0 Å². The fraction of sp³-hybridized carbons (Fsp3) is 0.371. The number of benzene rings is 3. The monoisotopic (exact) mass is 642 g/mol. The average molecular weight is 643 g/mol. The zero-order valence-corrected chi connectivity index (χ0v) is 26.1. The molecule has 4 aromatic rings. The van der Waals surface area contributed by atoms with Gasteiger partial charge >= 0.3 is 6.01 Å². The van der Waals surface area contributed by atoms with Gasteiger partial charge in [0.2, 0.25) is 5.91 Å². The van der Waals surface area contributed by atoms with Crippen LogP contribution in [0.5, 0.6) is 6.01 Å². The van der Waals surface area contributed by atoms with Gasteiger partial charge in [-0.3, -0.25) is 9.69 Å². The average Bonchev–Trinajstić information content (AvgIpc) is 3.64. The van der Waals surface area contributed by atoms with Gasteiger partial charge in [-0.05, 0) is 67.9 Å². The zero-order chi connectivity index (χ0) is 32.0. The smallest absolute Gasteiger partial charge is 0.319 e. The van der Waals surface area contributed by atoms with E-state index in [1.165, 1.54) is 12.1 Å². The molecule has 11 heteroatoms. The van der Waals surface area contributed by atoms with E-state index in [9.17, 15) is 10.1 Å². The van der Waals surface area contributed by atoms with Gasteiger partial charge in [-0.2, -0.15) is 15.2 Å². The van der Waals surface area contributed by atoms with E-state index in [0.717, 1.165) is 44.2 Å². The maximum Gasteiger partial charge on any atom is 0.319 e. The van der Waals surface area contributed by atoms with Gasteiger partial charge in [0.05, 0.1) is 29.6 Å². The Hall–Kier alpha value is -4.33. The molecule has 0 spiro atoms. The van der Waals surface area contributed by atoms with Gasteiger partial charge in [0, 0.05) is 35.4 Å². The van der Waals surface area contributed by atoms with Gasteiger partial charge in [-0.25, -0.2) is 8.78 Å². The number of hydrogen-bond acceptors (Lipinski definition) is 7. The lowest BCUT2D eigenvalue weighted by atomic mass is 9.95. The second kappa shape index (κ2) is 12.1. The highest BCUT2D eigenvalue weighted by atomic mass is 35.5. The first kappa shape index (κ1) is 30.3. The summed E-state index contributed by atoms with van der Waals surface area (Å²) < 4.78 is 39.3. The number of piperazine rings is 1. The fourth-order valence-corrected chi connectivity index (χ4v) is 7.89. The van der Waals surface area contributed by atoms with Crippen LogP contribution in [0.1, 0.15) is 32.1 Å². The number of hydrogen-bond donors (Lipinski definition) is 0. The number of anilines is 1. The lowest BCUT2D eigenvalue weighted by Gasteiger charge is -2.41. The quantitative estimate of drug-likeness (QED) is 0.213. The molecule has 7 rings (SSSR count). The Balaban J connectivity index is 1.36. The predicted molar refractivity (Wildman–Crippen MR) is 174 cm³/mol. The minimum atomic E-state index is -0.841. The van der Waals surface area contributed by atoms with Crippen LogP contribution in [0.15, 0.2) is 55.1 Å². The molecule has 0 aliphatic carbocycles. The largest absolute Gasteiger partial charge is 0.461 e. The number of fused-ring (bicyclic) bond motifs is 3. The van der Waals surface area contributed by atoms with E-state index in [0.29, 0.717) is 34.9 Å². The molecule has 3 aromatic carbocycles. The molecule has 8 nitrogen and oxygen atoms in total. The topological polar surface area (TPSA) is 85.6 Å². The van der Waals surface area contributed by atoms with Crippen molar-refractivity contribution in [2.75, 3.05) is 44.2 Å². The second-order valence-electron chi connectivity index (χ2n) is 12.3. The van der Waals surface area contributed by atoms with Gasteiger partial charge in [0.15, 0.2) is 5.82 Å². The van der Waals surface area contributed by atoms with Crippen LogP contribution in [0, 0.1) is 23.0 Å². The van der Waals surface area contributed by atoms with Gasteiger partial charge in [0.1, 0.15) is 23.8 Å². The number of ether oxygens (including phenoxy) is 1. The van der Waals surface area contributed by atoms with Crippen LogP contribution in [0.2, 0.25) is 5.02 Å². The normalized spacial score (nSPS) is 19.4. The lowest BCUT2D eigenvalue weighted by molar-refractivity contribution is -0.128. The highest BCUT2D eigenvalue weighted by Gasteiger charge is 2.45. The molecule has 0 unspecified atom stereocenters. The predicted octanol–water partition coefficient (Wildman–Crippen LogP) is 6.51. The van der Waals surface area contributed by atoms with Gasteiger partial charge < -0.3 is 14.5 Å². The minimum absolute atomic E-state index is 0.00414. The third kappa shape index (κ3) is 5.12. The van der Waals surface area contributed by atoms with Crippen molar-refractivity contribution in [3.8, 4) is 23.2 Å². The van der Waals surface area contributed by atoms with E-state index < -0.39 is 17.7 Å². The molecule has 0 radical (unpaired) electrons. The number of aromatic nitrogens is 2. The Morgan fingerprint density at radius 2 is 1.89 bits per heavy atom. The summed E-state index contributed by atoms with van der Waals surface area (Å²) >= 11 is 6.56. The van der Waals surface area contributed by atoms with Gasteiger partial charge in [-0.1, -0.05) is 48.5 Å². The number of halogens is 3. The summed E-state index contributed by atoms with van der Waals surface area (Å²) in [5.41, 5.74) is -0.0881. The van der Waals surface area contributed by atoms with E-state index in [-0.39, 0.29) is 53.4 Å². The number of nitriles is 1. The Kier molecular flexibility index (Phi) is 7.99. The molecule has 3 aliphatic rings. The van der Waals surface area contributed by atoms with Crippen molar-refractivity contribution in [2.24, 2.45) is 0 Å². The summed E-state index contributed by atoms with van der Waals surface area (Å²) in [4.78, 5) is 27.8. The second-order valence-corrected chi connectivity index (χ2v) is 12.7. The Labute approximate surface area is 270 Å². The SMILES string of the molecule is C=CC(=O)N1CCN(c2nc(OCC34CCCN3CCC4)nc3c(F)c(-c4cccc5cccc(Cl)c45)c(F)cc23)C[C@@H]1CC#N. The number of rotatable bonds is 7. The van der Waals surface area contributed by atoms with Crippen LogP contribution < -0.4 is 9.64 Å². The van der Waals surface area contributed by atoms with Crippen molar-refractivity contribution in [3.63, 3.8) is 0 Å². The van der Waals surface area contributed by atoms with Crippen LogP contribution in [-0.4, -0.2) is 76.6 Å². The molecule has 4 heterocycles. The van der Waals surface area contributed by atoms with Crippen molar-refractivity contribution >= 4 is 45.0 Å². The summed E-state index contributed by atoms with van der Waals surface area (Å²) in [6.45, 7) is 6.85. The van der Waals surface area contributed by atoms with Crippen molar-refractivity contribution in [3.05, 3.63) is 71.8 Å². The third-order valence-corrected chi connectivity index (χ3v) is 10.1. The summed E-state index contributed by atoms with van der Waals surface area (Å²) in [6.07, 6.45) is 5.50. The maximum atomic E-state index is 16.8. The minimum Gasteiger partial charge on any atom is -0.461 e. The van der Waals surface area contributed by atoms with Crippen LogP contribution in [0.25, 0.3) is 32.8 Å². The van der Waals surface area contributed by atoms with Crippen LogP contribution in [0.3, 0.4) is 0 Å².